The lowest BCUT2D eigenvalue weighted by Crippen LogP contribution is -2.36. The van der Waals surface area contributed by atoms with Crippen LogP contribution in [-0.4, -0.2) is 80.7 Å². The van der Waals surface area contributed by atoms with E-state index in [1.807, 2.05) is 34.9 Å². The topological polar surface area (TPSA) is 130 Å². The Hall–Kier alpha value is -5.47. The van der Waals surface area contributed by atoms with Crippen molar-refractivity contribution >= 4 is 23.4 Å². The number of aromatic nitrogens is 3. The zero-order chi connectivity index (χ0) is 36.5. The number of carbonyl (C=O) groups is 3. The minimum Gasteiger partial charge on any atom is -0.482 e. The maximum atomic E-state index is 14.2. The average Bonchev–Trinajstić information content (AvgIpc) is 3.56. The summed E-state index contributed by atoms with van der Waals surface area (Å²) in [5, 5.41) is 14.6. The number of fused-ring (bicyclic) bond motifs is 1. The lowest BCUT2D eigenvalue weighted by molar-refractivity contribution is -0.118. The van der Waals surface area contributed by atoms with Crippen LogP contribution in [0.1, 0.15) is 77.2 Å². The van der Waals surface area contributed by atoms with Crippen LogP contribution >= 0.6 is 0 Å². The highest BCUT2D eigenvalue weighted by molar-refractivity contribution is 6.01. The molecular weight excluding hydrogens is 632 g/mol. The molecule has 1 aliphatic heterocycles. The normalized spacial score (nSPS) is 11.5. The number of ether oxygens (including phenoxy) is 1. The van der Waals surface area contributed by atoms with E-state index in [0.29, 0.717) is 54.6 Å². The summed E-state index contributed by atoms with van der Waals surface area (Å²) < 4.78 is 7.21. The van der Waals surface area contributed by atoms with Crippen LogP contribution in [0.5, 0.6) is 5.75 Å². The highest BCUT2D eigenvalue weighted by Crippen LogP contribution is 2.27. The molecule has 0 atom stereocenters. The molecule has 11 heteroatoms. The van der Waals surface area contributed by atoms with E-state index in [-0.39, 0.29) is 24.3 Å². The van der Waals surface area contributed by atoms with Gasteiger partial charge in [-0.15, -0.1) is 12.8 Å². The predicted octanol–water partition coefficient (Wildman–Crippen LogP) is 5.69. The number of terminal acetylenes is 1. The number of carbonyl (C=O) groups excluding carboxylic acids is 3. The monoisotopic (exact) mass is 680 g/mol. The molecule has 3 amide bonds. The maximum absolute atomic E-state index is 14.2. The standard InChI is InChI=1S/C36H42N6O4.C2H2.CH4O/c1-4-6-18-40(19-7-5-2)36(45)32-21-26(3)42(39-32)33-15-14-29(38-34(43)25-46-30-13-10-17-37-23-30)22-31(33)35(44)41-20-16-27-11-8-9-12-28(27)24-41;2*1-2/h8-15,17,21-23H,4-7,16,18-20,24-25H2,1-3H3,(H,38,43);1-2H;2H,1H3. The zero-order valence-corrected chi connectivity index (χ0v) is 29.5. The fourth-order valence-corrected chi connectivity index (χ4v) is 5.59. The van der Waals surface area contributed by atoms with Gasteiger partial charge in [0.1, 0.15) is 5.75 Å². The van der Waals surface area contributed by atoms with E-state index in [9.17, 15) is 14.4 Å². The molecule has 0 saturated carbocycles. The molecule has 0 radical (unpaired) electrons. The number of amides is 3. The second kappa shape index (κ2) is 20.1. The van der Waals surface area contributed by atoms with Crippen LogP contribution in [0.2, 0.25) is 0 Å². The summed E-state index contributed by atoms with van der Waals surface area (Å²) in [5.74, 6) is -0.176. The molecule has 0 bridgehead atoms. The van der Waals surface area contributed by atoms with E-state index in [2.05, 4.69) is 43.1 Å². The van der Waals surface area contributed by atoms with E-state index >= 15 is 0 Å². The van der Waals surface area contributed by atoms with Crippen molar-refractivity contribution in [2.75, 3.05) is 38.7 Å². The third-order valence-corrected chi connectivity index (χ3v) is 8.12. The van der Waals surface area contributed by atoms with Gasteiger partial charge in [-0.1, -0.05) is 51.0 Å². The molecule has 1 aliphatic rings. The molecule has 2 N–H and O–H groups in total. The van der Waals surface area contributed by atoms with Crippen molar-refractivity contribution in [2.24, 2.45) is 0 Å². The first-order valence-corrected chi connectivity index (χ1v) is 16.8. The van der Waals surface area contributed by atoms with Gasteiger partial charge in [0.25, 0.3) is 17.7 Å². The molecule has 2 aromatic carbocycles. The largest absolute Gasteiger partial charge is 0.482 e. The van der Waals surface area contributed by atoms with Gasteiger partial charge in [-0.3, -0.25) is 19.4 Å². The second-order valence-electron chi connectivity index (χ2n) is 11.6. The highest BCUT2D eigenvalue weighted by atomic mass is 16.5. The van der Waals surface area contributed by atoms with E-state index in [1.54, 1.807) is 47.3 Å². The van der Waals surface area contributed by atoms with Crippen LogP contribution < -0.4 is 10.1 Å². The summed E-state index contributed by atoms with van der Waals surface area (Å²) in [6.45, 7) is 8.30. The van der Waals surface area contributed by atoms with Crippen LogP contribution in [-0.2, 0) is 17.8 Å². The molecule has 0 spiro atoms. The summed E-state index contributed by atoms with van der Waals surface area (Å²) in [4.78, 5) is 48.3. The Morgan fingerprint density at radius 1 is 0.960 bits per heavy atom. The first-order chi connectivity index (χ1) is 24.4. The van der Waals surface area contributed by atoms with Crippen LogP contribution in [0.3, 0.4) is 0 Å². The molecule has 0 fully saturated rings. The molecule has 0 unspecified atom stereocenters. The predicted molar refractivity (Wildman–Crippen MR) is 195 cm³/mol. The lowest BCUT2D eigenvalue weighted by Gasteiger charge is -2.29. The molecule has 50 heavy (non-hydrogen) atoms. The van der Waals surface area contributed by atoms with Crippen LogP contribution in [0, 0.1) is 19.8 Å². The van der Waals surface area contributed by atoms with Crippen molar-refractivity contribution in [1.82, 2.24) is 24.6 Å². The van der Waals surface area contributed by atoms with Gasteiger partial charge in [-0.05, 0) is 73.7 Å². The number of unbranched alkanes of at least 4 members (excludes halogenated alkanes) is 2. The summed E-state index contributed by atoms with van der Waals surface area (Å²) in [6.07, 6.45) is 15.8. The third-order valence-electron chi connectivity index (χ3n) is 8.12. The number of rotatable bonds is 13. The Labute approximate surface area is 295 Å². The quantitative estimate of drug-likeness (QED) is 0.174. The van der Waals surface area contributed by atoms with Crippen LogP contribution in [0.25, 0.3) is 5.69 Å². The summed E-state index contributed by atoms with van der Waals surface area (Å²) in [6, 6.07) is 18.6. The van der Waals surface area contributed by atoms with Crippen molar-refractivity contribution in [3.05, 3.63) is 101 Å². The number of nitrogens with zero attached hydrogens (tertiary/aromatic N) is 5. The van der Waals surface area contributed by atoms with Crippen molar-refractivity contribution in [3.63, 3.8) is 0 Å². The van der Waals surface area contributed by atoms with Crippen molar-refractivity contribution < 1.29 is 24.2 Å². The molecule has 5 rings (SSSR count). The molecule has 3 heterocycles. The first-order valence-electron chi connectivity index (χ1n) is 16.8. The summed E-state index contributed by atoms with van der Waals surface area (Å²) >= 11 is 0. The molecule has 0 saturated heterocycles. The number of hydrogen-bond donors (Lipinski definition) is 2. The Bertz CT molecular complexity index is 1710. The number of benzene rings is 2. The Morgan fingerprint density at radius 2 is 1.66 bits per heavy atom. The highest BCUT2D eigenvalue weighted by Gasteiger charge is 2.27. The van der Waals surface area contributed by atoms with E-state index in [4.69, 9.17) is 14.9 Å². The van der Waals surface area contributed by atoms with E-state index < -0.39 is 0 Å². The lowest BCUT2D eigenvalue weighted by atomic mass is 9.99. The fraction of sp³-hybridized carbons (Fsp3) is 0.359. The number of aliphatic hydroxyl groups excluding tert-OH is 1. The Kier molecular flexibility index (Phi) is 15.7. The van der Waals surface area contributed by atoms with Crippen LogP contribution in [0.15, 0.2) is 73.1 Å². The number of aryl methyl sites for hydroxylation is 1. The number of hydrogen-bond acceptors (Lipinski definition) is 7. The smallest absolute Gasteiger partial charge is 0.274 e. The number of pyridine rings is 1. The fourth-order valence-electron chi connectivity index (χ4n) is 5.59. The van der Waals surface area contributed by atoms with Crippen molar-refractivity contribution in [3.8, 4) is 24.3 Å². The third kappa shape index (κ3) is 10.3. The van der Waals surface area contributed by atoms with Crippen LogP contribution in [0.4, 0.5) is 5.69 Å². The minimum absolute atomic E-state index is 0.109. The Balaban J connectivity index is 0.00000163. The van der Waals surface area contributed by atoms with Gasteiger partial charge >= 0.3 is 0 Å². The Morgan fingerprint density at radius 3 is 2.32 bits per heavy atom. The molecule has 2 aromatic heterocycles. The van der Waals surface area contributed by atoms with Crippen molar-refractivity contribution in [2.45, 2.75) is 59.4 Å². The van der Waals surface area contributed by atoms with Gasteiger partial charge in [0.05, 0.1) is 17.4 Å². The van der Waals surface area contributed by atoms with E-state index in [1.165, 1.54) is 11.8 Å². The maximum Gasteiger partial charge on any atom is 0.274 e. The first kappa shape index (κ1) is 39.0. The molecule has 11 nitrogen and oxygen atoms in total. The minimum atomic E-state index is -0.371. The van der Waals surface area contributed by atoms with Gasteiger partial charge in [0, 0.05) is 50.9 Å². The second-order valence-corrected chi connectivity index (χ2v) is 11.6. The molecule has 4 aromatic rings. The van der Waals surface area contributed by atoms with Gasteiger partial charge in [0.2, 0.25) is 0 Å². The zero-order valence-electron chi connectivity index (χ0n) is 29.5. The molecular formula is C39H48N6O5. The van der Waals surface area contributed by atoms with E-state index in [0.717, 1.165) is 50.5 Å². The van der Waals surface area contributed by atoms with Gasteiger partial charge < -0.3 is 25.0 Å². The average molecular weight is 681 g/mol. The number of nitrogens with one attached hydrogen (secondary N) is 1. The number of anilines is 1. The molecule has 264 valence electrons. The van der Waals surface area contributed by atoms with Crippen molar-refractivity contribution in [1.29, 1.82) is 0 Å². The summed E-state index contributed by atoms with van der Waals surface area (Å²) in [5.41, 5.74) is 4.80. The SMILES string of the molecule is C#C.CCCCN(CCCC)C(=O)c1cc(C)n(-c2ccc(NC(=O)COc3cccnc3)cc2C(=O)N2CCc3ccccc3C2)n1.CO. The van der Waals surface area contributed by atoms with Gasteiger partial charge in [-0.2, -0.15) is 5.10 Å². The van der Waals surface area contributed by atoms with Gasteiger partial charge in [-0.25, -0.2) is 4.68 Å². The molecule has 0 aliphatic carbocycles. The van der Waals surface area contributed by atoms with Gasteiger partial charge in [0.15, 0.2) is 12.3 Å². The summed E-state index contributed by atoms with van der Waals surface area (Å²) in [7, 11) is 1.00. The number of aliphatic hydroxyl groups is 1.